The predicted octanol–water partition coefficient (Wildman–Crippen LogP) is 5.14. The van der Waals surface area contributed by atoms with Crippen LogP contribution in [-0.2, 0) is 4.43 Å². The number of halogens is 1. The van der Waals surface area contributed by atoms with E-state index in [-0.39, 0.29) is 5.41 Å². The van der Waals surface area contributed by atoms with E-state index in [2.05, 4.69) is 56.7 Å². The van der Waals surface area contributed by atoms with Crippen molar-refractivity contribution in [1.82, 2.24) is 0 Å². The first-order chi connectivity index (χ1) is 7.77. The smallest absolute Gasteiger partial charge is 0.171 e. The van der Waals surface area contributed by atoms with E-state index in [0.717, 1.165) is 0 Å². The van der Waals surface area contributed by atoms with Crippen LogP contribution in [0.3, 0.4) is 0 Å². The molecular weight excluding hydrogens is 292 g/mol. The van der Waals surface area contributed by atoms with Crippen LogP contribution in [0.5, 0.6) is 0 Å². The van der Waals surface area contributed by atoms with Crippen LogP contribution in [0.4, 0.5) is 0 Å². The first kappa shape index (κ1) is 17.7. The van der Waals surface area contributed by atoms with Crippen molar-refractivity contribution in [2.24, 2.45) is 5.41 Å². The first-order valence-corrected chi connectivity index (χ1v) is 10.8. The summed E-state index contributed by atoms with van der Waals surface area (Å²) in [5.74, 6) is 0. The lowest BCUT2D eigenvalue weighted by Crippen LogP contribution is -2.33. The minimum Gasteiger partial charge on any atom is -0.417 e. The van der Waals surface area contributed by atoms with Crippen molar-refractivity contribution in [3.05, 3.63) is 0 Å². The largest absolute Gasteiger partial charge is 0.417 e. The van der Waals surface area contributed by atoms with Crippen LogP contribution in [0.2, 0.25) is 13.1 Å². The maximum atomic E-state index is 6.18. The molecule has 0 rings (SSSR count). The fourth-order valence-corrected chi connectivity index (χ4v) is 3.46. The molecule has 0 radical (unpaired) electrons. The Kier molecular flexibility index (Phi) is 9.04. The molecule has 0 heterocycles. The highest BCUT2D eigenvalue weighted by Gasteiger charge is 2.25. The summed E-state index contributed by atoms with van der Waals surface area (Å²) in [6, 6.07) is 0. The SMILES string of the molecule is CCC(Br)CCCCC(O[SiH](C)C)C(C)(C)C. The third kappa shape index (κ3) is 9.26. The highest BCUT2D eigenvalue weighted by molar-refractivity contribution is 9.09. The molecule has 0 amide bonds. The maximum Gasteiger partial charge on any atom is 0.171 e. The van der Waals surface area contributed by atoms with E-state index in [9.17, 15) is 0 Å². The highest BCUT2D eigenvalue weighted by atomic mass is 79.9. The summed E-state index contributed by atoms with van der Waals surface area (Å²) < 4.78 is 6.18. The minimum absolute atomic E-state index is 0.288. The molecule has 0 aromatic carbocycles. The Morgan fingerprint density at radius 2 is 1.65 bits per heavy atom. The van der Waals surface area contributed by atoms with E-state index < -0.39 is 9.04 Å². The zero-order valence-corrected chi connectivity index (χ0v) is 15.3. The molecule has 2 atom stereocenters. The van der Waals surface area contributed by atoms with Gasteiger partial charge in [0.25, 0.3) is 0 Å². The van der Waals surface area contributed by atoms with Crippen LogP contribution < -0.4 is 0 Å². The monoisotopic (exact) mass is 322 g/mol. The van der Waals surface area contributed by atoms with Crippen LogP contribution in [0, 0.1) is 5.41 Å². The van der Waals surface area contributed by atoms with Gasteiger partial charge in [0.15, 0.2) is 9.04 Å². The van der Waals surface area contributed by atoms with Crippen molar-refractivity contribution >= 4 is 25.0 Å². The van der Waals surface area contributed by atoms with Gasteiger partial charge in [-0.3, -0.25) is 0 Å². The number of hydrogen-bond acceptors (Lipinski definition) is 1. The molecule has 2 unspecified atom stereocenters. The van der Waals surface area contributed by atoms with Crippen LogP contribution in [-0.4, -0.2) is 20.0 Å². The molecule has 0 aliphatic carbocycles. The Morgan fingerprint density at radius 3 is 2.06 bits per heavy atom. The fraction of sp³-hybridized carbons (Fsp3) is 1.00. The molecular formula is C14H31BrOSi. The molecule has 0 fully saturated rings. The topological polar surface area (TPSA) is 9.23 Å². The van der Waals surface area contributed by atoms with E-state index in [1.165, 1.54) is 32.1 Å². The zero-order valence-electron chi connectivity index (χ0n) is 12.6. The molecule has 17 heavy (non-hydrogen) atoms. The molecule has 3 heteroatoms. The van der Waals surface area contributed by atoms with Crippen molar-refractivity contribution in [3.63, 3.8) is 0 Å². The second-order valence-electron chi connectivity index (χ2n) is 6.33. The predicted molar refractivity (Wildman–Crippen MR) is 84.7 cm³/mol. The third-order valence-corrected chi connectivity index (χ3v) is 5.06. The average molecular weight is 323 g/mol. The van der Waals surface area contributed by atoms with Gasteiger partial charge in [-0.25, -0.2) is 0 Å². The third-order valence-electron chi connectivity index (χ3n) is 3.08. The van der Waals surface area contributed by atoms with Gasteiger partial charge in [0.1, 0.15) is 0 Å². The van der Waals surface area contributed by atoms with E-state index in [0.29, 0.717) is 10.9 Å². The molecule has 0 spiro atoms. The normalized spacial score (nSPS) is 16.2. The number of hydrogen-bond donors (Lipinski definition) is 0. The van der Waals surface area contributed by atoms with Gasteiger partial charge in [-0.05, 0) is 37.8 Å². The summed E-state index contributed by atoms with van der Waals surface area (Å²) in [7, 11) is -0.915. The number of rotatable bonds is 8. The van der Waals surface area contributed by atoms with Crippen LogP contribution in [0.1, 0.15) is 59.8 Å². The van der Waals surface area contributed by atoms with Gasteiger partial charge in [0.2, 0.25) is 0 Å². The second-order valence-corrected chi connectivity index (χ2v) is 9.99. The van der Waals surface area contributed by atoms with Crippen molar-refractivity contribution in [3.8, 4) is 0 Å². The Labute approximate surface area is 119 Å². The maximum absolute atomic E-state index is 6.18. The van der Waals surface area contributed by atoms with Crippen LogP contribution in [0.25, 0.3) is 0 Å². The van der Waals surface area contributed by atoms with Gasteiger partial charge in [-0.15, -0.1) is 0 Å². The molecule has 104 valence electrons. The second kappa shape index (κ2) is 8.71. The zero-order chi connectivity index (χ0) is 13.5. The fourth-order valence-electron chi connectivity index (χ4n) is 1.93. The number of alkyl halides is 1. The summed E-state index contributed by atoms with van der Waals surface area (Å²) in [6.07, 6.45) is 6.82. The van der Waals surface area contributed by atoms with Gasteiger partial charge in [0.05, 0.1) is 0 Å². The quantitative estimate of drug-likeness (QED) is 0.342. The molecule has 1 nitrogen and oxygen atoms in total. The van der Waals surface area contributed by atoms with E-state index in [1.807, 2.05) is 0 Å². The summed E-state index contributed by atoms with van der Waals surface area (Å²) in [5, 5.41) is 0. The van der Waals surface area contributed by atoms with Gasteiger partial charge in [-0.2, -0.15) is 0 Å². The van der Waals surface area contributed by atoms with Gasteiger partial charge in [-0.1, -0.05) is 56.5 Å². The van der Waals surface area contributed by atoms with Gasteiger partial charge >= 0.3 is 0 Å². The van der Waals surface area contributed by atoms with Gasteiger partial charge in [0, 0.05) is 10.9 Å². The van der Waals surface area contributed by atoms with Crippen molar-refractivity contribution in [1.29, 1.82) is 0 Å². The summed E-state index contributed by atoms with van der Waals surface area (Å²) >= 11 is 3.70. The number of unbranched alkanes of at least 4 members (excludes halogenated alkanes) is 1. The van der Waals surface area contributed by atoms with E-state index in [4.69, 9.17) is 4.43 Å². The van der Waals surface area contributed by atoms with Crippen LogP contribution >= 0.6 is 15.9 Å². The molecule has 0 aliphatic heterocycles. The Hall–Kier alpha value is 0.657. The molecule has 0 saturated carbocycles. The summed E-state index contributed by atoms with van der Waals surface area (Å²) in [6.45, 7) is 13.7. The van der Waals surface area contributed by atoms with Crippen LogP contribution in [0.15, 0.2) is 0 Å². The Balaban J connectivity index is 3.93. The van der Waals surface area contributed by atoms with E-state index >= 15 is 0 Å². The standard InChI is InChI=1S/C14H31BrOSi/c1-7-12(15)10-8-9-11-13(14(2,3)4)16-17(5)6/h12-13,17H,7-11H2,1-6H3. The molecule has 0 aromatic heterocycles. The lowest BCUT2D eigenvalue weighted by Gasteiger charge is -2.32. The Morgan fingerprint density at radius 1 is 1.12 bits per heavy atom. The molecule has 0 saturated heterocycles. The van der Waals surface area contributed by atoms with Crippen molar-refractivity contribution in [2.75, 3.05) is 0 Å². The van der Waals surface area contributed by atoms with Gasteiger partial charge < -0.3 is 4.43 Å². The minimum atomic E-state index is -0.915. The first-order valence-electron chi connectivity index (χ1n) is 7.06. The summed E-state index contributed by atoms with van der Waals surface area (Å²) in [4.78, 5) is 0.705. The molecule has 0 N–H and O–H groups in total. The van der Waals surface area contributed by atoms with Crippen molar-refractivity contribution < 1.29 is 4.43 Å². The molecule has 0 aliphatic rings. The van der Waals surface area contributed by atoms with Crippen molar-refractivity contribution in [2.45, 2.75) is 83.8 Å². The lowest BCUT2D eigenvalue weighted by molar-refractivity contribution is 0.0760. The lowest BCUT2D eigenvalue weighted by atomic mass is 9.86. The Bertz CT molecular complexity index is 189. The molecule has 0 bridgehead atoms. The van der Waals surface area contributed by atoms with E-state index in [1.54, 1.807) is 0 Å². The highest BCUT2D eigenvalue weighted by Crippen LogP contribution is 2.27. The molecule has 0 aromatic rings. The summed E-state index contributed by atoms with van der Waals surface area (Å²) in [5.41, 5.74) is 0.288. The average Bonchev–Trinajstić information content (AvgIpc) is 2.20.